The van der Waals surface area contributed by atoms with Crippen LogP contribution in [0.1, 0.15) is 30.1 Å². The van der Waals surface area contributed by atoms with Gasteiger partial charge < -0.3 is 5.73 Å². The molecule has 0 saturated carbocycles. The molecule has 0 aliphatic carbocycles. The van der Waals surface area contributed by atoms with Gasteiger partial charge in [-0.3, -0.25) is 4.79 Å². The predicted octanol–water partition coefficient (Wildman–Crippen LogP) is 3.04. The van der Waals surface area contributed by atoms with Gasteiger partial charge in [0.05, 0.1) is 5.56 Å². The van der Waals surface area contributed by atoms with Gasteiger partial charge >= 0.3 is 0 Å². The Balaban J connectivity index is 2.79. The van der Waals surface area contributed by atoms with Crippen molar-refractivity contribution < 1.29 is 9.18 Å². The van der Waals surface area contributed by atoms with Gasteiger partial charge in [-0.15, -0.1) is 0 Å². The summed E-state index contributed by atoms with van der Waals surface area (Å²) in [5, 5.41) is 0.295. The van der Waals surface area contributed by atoms with E-state index in [2.05, 4.69) is 0 Å². The molecular weight excluding hydrogens is 229 g/mol. The lowest BCUT2D eigenvalue weighted by Crippen LogP contribution is -2.14. The Hall–Kier alpha value is -0.930. The molecule has 0 saturated heterocycles. The highest BCUT2D eigenvalue weighted by molar-refractivity contribution is 6.30. The monoisotopic (exact) mass is 243 g/mol. The van der Waals surface area contributed by atoms with Crippen LogP contribution in [0.3, 0.4) is 0 Å². The van der Waals surface area contributed by atoms with E-state index in [9.17, 15) is 9.18 Å². The summed E-state index contributed by atoms with van der Waals surface area (Å²) >= 11 is 5.62. The van der Waals surface area contributed by atoms with Crippen LogP contribution in [0, 0.1) is 11.7 Å². The summed E-state index contributed by atoms with van der Waals surface area (Å²) in [6, 6.07) is 4.11. The third-order valence-electron chi connectivity index (χ3n) is 2.49. The number of rotatable bonds is 5. The number of benzene rings is 1. The number of ketones is 1. The molecule has 0 bridgehead atoms. The molecule has 2 nitrogen and oxygen atoms in total. The van der Waals surface area contributed by atoms with Gasteiger partial charge in [0.1, 0.15) is 5.82 Å². The predicted molar refractivity (Wildman–Crippen MR) is 63.2 cm³/mol. The fourth-order valence-corrected chi connectivity index (χ4v) is 1.67. The first kappa shape index (κ1) is 13.1. The molecule has 88 valence electrons. The van der Waals surface area contributed by atoms with Crippen molar-refractivity contribution in [1.29, 1.82) is 0 Å². The van der Waals surface area contributed by atoms with E-state index in [-0.39, 0.29) is 17.3 Å². The average Bonchev–Trinajstić information content (AvgIpc) is 2.25. The Morgan fingerprint density at radius 3 is 2.81 bits per heavy atom. The van der Waals surface area contributed by atoms with Crippen LogP contribution in [0.2, 0.25) is 5.02 Å². The second-order valence-corrected chi connectivity index (χ2v) is 4.26. The van der Waals surface area contributed by atoms with Crippen molar-refractivity contribution in [2.24, 2.45) is 11.7 Å². The molecule has 2 N–H and O–H groups in total. The fourth-order valence-electron chi connectivity index (χ4n) is 1.51. The van der Waals surface area contributed by atoms with Crippen LogP contribution in [0.5, 0.6) is 0 Å². The second kappa shape index (κ2) is 5.97. The molecular formula is C12H15ClFNO. The zero-order valence-electron chi connectivity index (χ0n) is 9.17. The van der Waals surface area contributed by atoms with E-state index < -0.39 is 5.82 Å². The van der Waals surface area contributed by atoms with Crippen LogP contribution >= 0.6 is 11.6 Å². The van der Waals surface area contributed by atoms with Crippen LogP contribution in [-0.2, 0) is 0 Å². The number of Topliss-reactive ketones (excluding diaryl/α,β-unsaturated/α-hetero) is 1. The molecule has 1 rings (SSSR count). The van der Waals surface area contributed by atoms with Crippen LogP contribution in [0.15, 0.2) is 18.2 Å². The van der Waals surface area contributed by atoms with Gasteiger partial charge in [0.25, 0.3) is 0 Å². The minimum atomic E-state index is -0.558. The van der Waals surface area contributed by atoms with E-state index in [1.165, 1.54) is 12.1 Å². The van der Waals surface area contributed by atoms with Crippen molar-refractivity contribution in [3.8, 4) is 0 Å². The summed E-state index contributed by atoms with van der Waals surface area (Å²) in [5.41, 5.74) is 5.47. The molecule has 0 aliphatic heterocycles. The number of hydrogen-bond acceptors (Lipinski definition) is 2. The third kappa shape index (κ3) is 3.29. The van der Waals surface area contributed by atoms with Gasteiger partial charge in [-0.05, 0) is 37.6 Å². The number of halogens is 2. The smallest absolute Gasteiger partial charge is 0.168 e. The molecule has 1 atom stereocenters. The lowest BCUT2D eigenvalue weighted by Gasteiger charge is -2.10. The molecule has 1 aromatic carbocycles. The maximum Gasteiger partial charge on any atom is 0.168 e. The van der Waals surface area contributed by atoms with Gasteiger partial charge in [0.2, 0.25) is 0 Å². The van der Waals surface area contributed by atoms with E-state index in [1.54, 1.807) is 6.92 Å². The summed E-state index contributed by atoms with van der Waals surface area (Å²) < 4.78 is 13.5. The van der Waals surface area contributed by atoms with Crippen molar-refractivity contribution in [1.82, 2.24) is 0 Å². The van der Waals surface area contributed by atoms with E-state index in [0.29, 0.717) is 18.0 Å². The molecule has 16 heavy (non-hydrogen) atoms. The van der Waals surface area contributed by atoms with Crippen LogP contribution in [0.25, 0.3) is 0 Å². The molecule has 0 heterocycles. The third-order valence-corrected chi connectivity index (χ3v) is 2.72. The SMILES string of the molecule is CC(CCCN)C(=O)c1ccc(Cl)cc1F. The van der Waals surface area contributed by atoms with Gasteiger partial charge in [0, 0.05) is 10.9 Å². The standard InChI is InChI=1S/C12H15ClFNO/c1-8(3-2-6-15)12(16)10-5-4-9(13)7-11(10)14/h4-5,7-8H,2-3,6,15H2,1H3. The molecule has 1 unspecified atom stereocenters. The van der Waals surface area contributed by atoms with Crippen molar-refractivity contribution >= 4 is 17.4 Å². The van der Waals surface area contributed by atoms with Crippen molar-refractivity contribution in [3.63, 3.8) is 0 Å². The topological polar surface area (TPSA) is 43.1 Å². The van der Waals surface area contributed by atoms with Gasteiger partial charge in [-0.1, -0.05) is 18.5 Å². The molecule has 0 aliphatic rings. The zero-order chi connectivity index (χ0) is 12.1. The summed E-state index contributed by atoms with van der Waals surface area (Å²) in [5.74, 6) is -0.959. The maximum atomic E-state index is 13.5. The quantitative estimate of drug-likeness (QED) is 0.808. The Morgan fingerprint density at radius 1 is 1.56 bits per heavy atom. The largest absolute Gasteiger partial charge is 0.330 e. The summed E-state index contributed by atoms with van der Waals surface area (Å²) in [6.45, 7) is 2.33. The normalized spacial score (nSPS) is 12.5. The number of carbonyl (C=O) groups excluding carboxylic acids is 1. The fraction of sp³-hybridized carbons (Fsp3) is 0.417. The van der Waals surface area contributed by atoms with Crippen LogP contribution in [0.4, 0.5) is 4.39 Å². The Bertz CT molecular complexity index is 381. The molecule has 4 heteroatoms. The Morgan fingerprint density at radius 2 is 2.25 bits per heavy atom. The summed E-state index contributed by atoms with van der Waals surface area (Å²) in [4.78, 5) is 11.9. The van der Waals surface area contributed by atoms with E-state index in [1.807, 2.05) is 0 Å². The van der Waals surface area contributed by atoms with Crippen molar-refractivity contribution in [2.75, 3.05) is 6.54 Å². The van der Waals surface area contributed by atoms with Crippen molar-refractivity contribution in [2.45, 2.75) is 19.8 Å². The molecule has 0 fully saturated rings. The van der Waals surface area contributed by atoms with Crippen molar-refractivity contribution in [3.05, 3.63) is 34.6 Å². The minimum absolute atomic E-state index is 0.105. The maximum absolute atomic E-state index is 13.5. The second-order valence-electron chi connectivity index (χ2n) is 3.82. The van der Waals surface area contributed by atoms with E-state index in [4.69, 9.17) is 17.3 Å². The molecule has 0 amide bonds. The van der Waals surface area contributed by atoms with Gasteiger partial charge in [0.15, 0.2) is 5.78 Å². The van der Waals surface area contributed by atoms with Gasteiger partial charge in [-0.2, -0.15) is 0 Å². The van der Waals surface area contributed by atoms with Gasteiger partial charge in [-0.25, -0.2) is 4.39 Å². The molecule has 1 aromatic rings. The number of carbonyl (C=O) groups is 1. The average molecular weight is 244 g/mol. The number of hydrogen-bond donors (Lipinski definition) is 1. The lowest BCUT2D eigenvalue weighted by molar-refractivity contribution is 0.0919. The molecule has 0 spiro atoms. The number of nitrogens with two attached hydrogens (primary N) is 1. The molecule has 0 radical (unpaired) electrons. The first-order chi connectivity index (χ1) is 7.56. The minimum Gasteiger partial charge on any atom is -0.330 e. The first-order valence-corrected chi connectivity index (χ1v) is 5.63. The lowest BCUT2D eigenvalue weighted by atomic mass is 9.95. The Kier molecular flexibility index (Phi) is 4.90. The summed E-state index contributed by atoms with van der Waals surface area (Å²) in [6.07, 6.45) is 1.44. The zero-order valence-corrected chi connectivity index (χ0v) is 9.93. The van der Waals surface area contributed by atoms with E-state index in [0.717, 1.165) is 12.5 Å². The van der Waals surface area contributed by atoms with Crippen LogP contribution in [-0.4, -0.2) is 12.3 Å². The highest BCUT2D eigenvalue weighted by Crippen LogP contribution is 2.19. The Labute approximate surface area is 99.6 Å². The van der Waals surface area contributed by atoms with Crippen LogP contribution < -0.4 is 5.73 Å². The highest BCUT2D eigenvalue weighted by atomic mass is 35.5. The summed E-state index contributed by atoms with van der Waals surface area (Å²) in [7, 11) is 0. The van der Waals surface area contributed by atoms with E-state index >= 15 is 0 Å². The highest BCUT2D eigenvalue weighted by Gasteiger charge is 2.18. The molecule has 0 aromatic heterocycles. The first-order valence-electron chi connectivity index (χ1n) is 5.25.